The minimum Gasteiger partial charge on any atom is -0.465 e. The molecule has 2 aromatic rings. The Hall–Kier alpha value is -2.47. The molecule has 3 rings (SSSR count). The largest absolute Gasteiger partial charge is 0.465 e. The van der Waals surface area contributed by atoms with E-state index < -0.39 is 0 Å². The van der Waals surface area contributed by atoms with Crippen LogP contribution in [0.5, 0.6) is 0 Å². The molecule has 1 heterocycles. The summed E-state index contributed by atoms with van der Waals surface area (Å²) in [4.78, 5) is 26.3. The molecule has 0 spiro atoms. The molecular weight excluding hydrogens is 374 g/mol. The van der Waals surface area contributed by atoms with Crippen LogP contribution in [0.25, 0.3) is 0 Å². The lowest BCUT2D eigenvalue weighted by atomic mass is 9.94. The molecule has 6 heteroatoms. The Kier molecular flexibility index (Phi) is 6.98. The van der Waals surface area contributed by atoms with Crippen molar-refractivity contribution in [2.24, 2.45) is 0 Å². The number of rotatable bonds is 5. The van der Waals surface area contributed by atoms with Crippen LogP contribution < -0.4 is 0 Å². The van der Waals surface area contributed by atoms with Gasteiger partial charge >= 0.3 is 12.1 Å². The normalized spacial score (nSPS) is 19.1. The van der Waals surface area contributed by atoms with Crippen LogP contribution in [0.15, 0.2) is 54.6 Å². The van der Waals surface area contributed by atoms with Gasteiger partial charge in [0.1, 0.15) is 6.61 Å². The predicted molar refractivity (Wildman–Crippen MR) is 110 cm³/mol. The maximum Gasteiger partial charge on any atom is 0.410 e. The van der Waals surface area contributed by atoms with Gasteiger partial charge in [-0.1, -0.05) is 42.5 Å². The molecule has 1 amide bonds. The van der Waals surface area contributed by atoms with Gasteiger partial charge in [-0.25, -0.2) is 9.59 Å². The number of benzene rings is 2. The molecule has 5 nitrogen and oxygen atoms in total. The van der Waals surface area contributed by atoms with Crippen LogP contribution in [0.3, 0.4) is 0 Å². The first-order valence-electron chi connectivity index (χ1n) is 9.30. The fraction of sp³-hybridized carbons (Fsp3) is 0.364. The Balaban J connectivity index is 1.74. The van der Waals surface area contributed by atoms with Crippen molar-refractivity contribution in [1.82, 2.24) is 4.90 Å². The third-order valence-electron chi connectivity index (χ3n) is 5.04. The Morgan fingerprint density at radius 1 is 1.11 bits per heavy atom. The molecule has 0 N–H and O–H groups in total. The van der Waals surface area contributed by atoms with Crippen LogP contribution in [0.4, 0.5) is 4.79 Å². The summed E-state index contributed by atoms with van der Waals surface area (Å²) in [6.07, 6.45) is 3.61. The van der Waals surface area contributed by atoms with Crippen LogP contribution in [0.1, 0.15) is 40.4 Å². The van der Waals surface area contributed by atoms with Gasteiger partial charge in [-0.3, -0.25) is 0 Å². The zero-order chi connectivity index (χ0) is 19.9. The summed E-state index contributed by atoms with van der Waals surface area (Å²) in [6, 6.07) is 16.9. The zero-order valence-electron chi connectivity index (χ0n) is 16.2. The van der Waals surface area contributed by atoms with Crippen LogP contribution in [0.2, 0.25) is 0 Å². The van der Waals surface area contributed by atoms with Crippen LogP contribution in [-0.2, 0) is 16.1 Å². The second-order valence-corrected chi connectivity index (χ2v) is 7.88. The quantitative estimate of drug-likeness (QED) is 0.684. The smallest absolute Gasteiger partial charge is 0.410 e. The van der Waals surface area contributed by atoms with Crippen molar-refractivity contribution in [2.45, 2.75) is 30.7 Å². The number of carbonyl (C=O) groups is 2. The van der Waals surface area contributed by atoms with E-state index in [0.29, 0.717) is 17.4 Å². The zero-order valence-corrected chi connectivity index (χ0v) is 17.0. The minimum absolute atomic E-state index is 0.0684. The Bertz CT molecular complexity index is 794. The number of likely N-dealkylation sites (tertiary alicyclic amines) is 1. The Labute approximate surface area is 170 Å². The van der Waals surface area contributed by atoms with Gasteiger partial charge in [0.15, 0.2) is 0 Å². The summed E-state index contributed by atoms with van der Waals surface area (Å²) in [6.45, 7) is 0.915. The molecule has 28 heavy (non-hydrogen) atoms. The van der Waals surface area contributed by atoms with Crippen LogP contribution in [0, 0.1) is 0 Å². The van der Waals surface area contributed by atoms with Gasteiger partial charge in [0.05, 0.1) is 18.7 Å². The molecule has 0 radical (unpaired) electrons. The number of carbonyl (C=O) groups excluding carboxylic acids is 2. The van der Waals surface area contributed by atoms with E-state index in [1.807, 2.05) is 59.1 Å². The number of nitrogens with zero attached hydrogens (tertiary/aromatic N) is 1. The number of hydrogen-bond donors (Lipinski definition) is 0. The first-order chi connectivity index (χ1) is 13.6. The van der Waals surface area contributed by atoms with E-state index in [-0.39, 0.29) is 24.7 Å². The molecule has 148 valence electrons. The lowest BCUT2D eigenvalue weighted by Crippen LogP contribution is -2.42. The first kappa shape index (κ1) is 20.3. The lowest BCUT2D eigenvalue weighted by molar-refractivity contribution is 0.0598. The van der Waals surface area contributed by atoms with E-state index in [9.17, 15) is 9.59 Å². The van der Waals surface area contributed by atoms with Crippen LogP contribution in [-0.4, -0.2) is 42.1 Å². The van der Waals surface area contributed by atoms with Crippen molar-refractivity contribution in [1.29, 1.82) is 0 Å². The highest BCUT2D eigenvalue weighted by molar-refractivity contribution is 7.99. The topological polar surface area (TPSA) is 55.8 Å². The number of esters is 1. The van der Waals surface area contributed by atoms with Crippen molar-refractivity contribution < 1.29 is 19.1 Å². The second kappa shape index (κ2) is 9.64. The van der Waals surface area contributed by atoms with E-state index >= 15 is 0 Å². The van der Waals surface area contributed by atoms with E-state index in [0.717, 1.165) is 24.0 Å². The molecule has 0 aliphatic carbocycles. The summed E-state index contributed by atoms with van der Waals surface area (Å²) >= 11 is 1.83. The molecule has 1 aliphatic heterocycles. The molecule has 1 saturated heterocycles. The van der Waals surface area contributed by atoms with E-state index in [4.69, 9.17) is 9.47 Å². The molecule has 0 saturated carbocycles. The van der Waals surface area contributed by atoms with Crippen molar-refractivity contribution >= 4 is 23.8 Å². The molecular formula is C22H25NO4S. The molecule has 0 bridgehead atoms. The number of methoxy groups -OCH3 is 1. The van der Waals surface area contributed by atoms with E-state index in [1.54, 1.807) is 12.1 Å². The third-order valence-corrected chi connectivity index (χ3v) is 6.14. The maximum atomic E-state index is 12.8. The van der Waals surface area contributed by atoms with Gasteiger partial charge < -0.3 is 14.4 Å². The average Bonchev–Trinajstić information content (AvgIpc) is 2.77. The SMILES string of the molecule is COC(=O)c1ccc([C@@H]2C[C@@H](SC)CCN2C(=O)OCc2ccccc2)cc1. The number of amides is 1. The Morgan fingerprint density at radius 3 is 2.46 bits per heavy atom. The highest BCUT2D eigenvalue weighted by Crippen LogP contribution is 2.36. The van der Waals surface area contributed by atoms with Gasteiger partial charge in [0.25, 0.3) is 0 Å². The first-order valence-corrected chi connectivity index (χ1v) is 10.6. The number of thioether (sulfide) groups is 1. The van der Waals surface area contributed by atoms with Crippen molar-refractivity contribution in [2.75, 3.05) is 19.9 Å². The monoisotopic (exact) mass is 399 g/mol. The van der Waals surface area contributed by atoms with Crippen molar-refractivity contribution in [3.05, 3.63) is 71.3 Å². The molecule has 0 unspecified atom stereocenters. The average molecular weight is 400 g/mol. The molecule has 0 aromatic heterocycles. The minimum atomic E-state index is -0.365. The fourth-order valence-corrected chi connectivity index (χ4v) is 4.16. The van der Waals surface area contributed by atoms with E-state index in [2.05, 4.69) is 6.26 Å². The summed E-state index contributed by atoms with van der Waals surface area (Å²) in [7, 11) is 1.37. The van der Waals surface area contributed by atoms with Gasteiger partial charge in [-0.15, -0.1) is 0 Å². The van der Waals surface area contributed by atoms with Gasteiger partial charge in [-0.05, 0) is 42.4 Å². The number of piperidine rings is 1. The number of hydrogen-bond acceptors (Lipinski definition) is 5. The molecule has 2 aromatic carbocycles. The third kappa shape index (κ3) is 4.87. The summed E-state index contributed by atoms with van der Waals surface area (Å²) in [5.74, 6) is -0.365. The van der Waals surface area contributed by atoms with Crippen molar-refractivity contribution in [3.8, 4) is 0 Å². The Morgan fingerprint density at radius 2 is 1.82 bits per heavy atom. The molecule has 1 aliphatic rings. The highest BCUT2D eigenvalue weighted by Gasteiger charge is 2.33. The maximum absolute atomic E-state index is 12.8. The van der Waals surface area contributed by atoms with Gasteiger partial charge in [-0.2, -0.15) is 11.8 Å². The highest BCUT2D eigenvalue weighted by atomic mass is 32.2. The second-order valence-electron chi connectivity index (χ2n) is 6.75. The van der Waals surface area contributed by atoms with Crippen LogP contribution >= 0.6 is 11.8 Å². The van der Waals surface area contributed by atoms with Gasteiger partial charge in [0.2, 0.25) is 0 Å². The lowest BCUT2D eigenvalue weighted by Gasteiger charge is -2.38. The predicted octanol–water partition coefficient (Wildman–Crippen LogP) is 4.68. The fourth-order valence-electron chi connectivity index (χ4n) is 3.44. The number of ether oxygens (including phenoxy) is 2. The summed E-state index contributed by atoms with van der Waals surface area (Å²) in [5, 5.41) is 0.489. The van der Waals surface area contributed by atoms with Crippen molar-refractivity contribution in [3.63, 3.8) is 0 Å². The summed E-state index contributed by atoms with van der Waals surface area (Å²) < 4.78 is 10.3. The summed E-state index contributed by atoms with van der Waals surface area (Å²) in [5.41, 5.74) is 2.47. The van der Waals surface area contributed by atoms with Gasteiger partial charge in [0, 0.05) is 11.8 Å². The standard InChI is InChI=1S/C22H25NO4S/c1-26-21(24)18-10-8-17(9-11-18)20-14-19(28-2)12-13-23(20)22(25)27-15-16-6-4-3-5-7-16/h3-11,19-20H,12-15H2,1-2H3/t19-,20-/m0/s1. The molecule has 1 fully saturated rings. The van der Waals surface area contributed by atoms with E-state index in [1.165, 1.54) is 7.11 Å². The molecule has 2 atom stereocenters.